The van der Waals surface area contributed by atoms with Crippen molar-refractivity contribution in [2.75, 3.05) is 7.11 Å². The molecule has 0 bridgehead atoms. The van der Waals surface area contributed by atoms with Gasteiger partial charge in [0, 0.05) is 0 Å². The van der Waals surface area contributed by atoms with Crippen LogP contribution in [0.5, 0.6) is 0 Å². The average molecular weight is 156 g/mol. The molecule has 0 aliphatic carbocycles. The maximum atomic E-state index is 8.25. The van der Waals surface area contributed by atoms with Gasteiger partial charge in [-0.05, 0) is 0 Å². The first-order valence-electron chi connectivity index (χ1n) is 2.82. The summed E-state index contributed by atoms with van der Waals surface area (Å²) < 4.78 is 0. The van der Waals surface area contributed by atoms with Gasteiger partial charge in [0.1, 0.15) is 0 Å². The Morgan fingerprint density at radius 1 is 1.18 bits per heavy atom. The molecular weight excluding hydrogens is 148 g/mol. The van der Waals surface area contributed by atoms with Gasteiger partial charge in [0.2, 0.25) is 0 Å². The molecule has 0 saturated heterocycles. The zero-order valence-electron chi connectivity index (χ0n) is 6.50. The minimum Gasteiger partial charge on any atom is -0.857 e. The minimum atomic E-state index is 0. The van der Waals surface area contributed by atoms with E-state index in [1.807, 2.05) is 30.3 Å². The second kappa shape index (κ2) is 9.51. The predicted octanol–water partition coefficient (Wildman–Crippen LogP) is 0.220. The van der Waals surface area contributed by atoms with Gasteiger partial charge in [-0.1, -0.05) is 18.2 Å². The molecular formula is C9H8MgO. The molecule has 1 aromatic rings. The first kappa shape index (κ1) is 13.1. The van der Waals surface area contributed by atoms with Crippen LogP contribution in [0.2, 0.25) is 0 Å². The topological polar surface area (TPSA) is 23.1 Å². The van der Waals surface area contributed by atoms with Crippen LogP contribution in [0.15, 0.2) is 30.3 Å². The smallest absolute Gasteiger partial charge is 0.857 e. The van der Waals surface area contributed by atoms with Crippen molar-refractivity contribution in [3.05, 3.63) is 42.3 Å². The third-order valence-corrected chi connectivity index (χ3v) is 0.918. The first-order valence-corrected chi connectivity index (χ1v) is 2.82. The largest absolute Gasteiger partial charge is 2.00 e. The predicted molar refractivity (Wildman–Crippen MR) is 44.4 cm³/mol. The zero-order chi connectivity index (χ0) is 7.82. The molecule has 0 fully saturated rings. The Bertz CT molecular complexity index is 201. The van der Waals surface area contributed by atoms with Gasteiger partial charge in [-0.2, -0.15) is 7.11 Å². The summed E-state index contributed by atoms with van der Waals surface area (Å²) in [4.78, 5) is 0. The van der Waals surface area contributed by atoms with Crippen molar-refractivity contribution < 1.29 is 5.11 Å². The molecule has 1 nitrogen and oxygen atoms in total. The van der Waals surface area contributed by atoms with Crippen LogP contribution in [0, 0.1) is 12.3 Å². The summed E-state index contributed by atoms with van der Waals surface area (Å²) in [5.41, 5.74) is 0.826. The monoisotopic (exact) mass is 156 g/mol. The van der Waals surface area contributed by atoms with Crippen molar-refractivity contribution in [3.63, 3.8) is 0 Å². The first-order chi connectivity index (χ1) is 4.93. The van der Waals surface area contributed by atoms with E-state index in [1.165, 1.54) is 0 Å². The number of benzene rings is 1. The minimum absolute atomic E-state index is 0. The summed E-state index contributed by atoms with van der Waals surface area (Å²) in [6, 6.07) is 9.37. The van der Waals surface area contributed by atoms with Gasteiger partial charge in [-0.15, -0.1) is 17.7 Å². The Morgan fingerprint density at radius 3 is 1.91 bits per heavy atom. The Kier molecular flexibility index (Phi) is 11.3. The van der Waals surface area contributed by atoms with Crippen molar-refractivity contribution in [3.8, 4) is 5.92 Å². The summed E-state index contributed by atoms with van der Waals surface area (Å²) in [5, 5.41) is 8.25. The Balaban J connectivity index is 0. The van der Waals surface area contributed by atoms with Crippen LogP contribution in [0.4, 0.5) is 0 Å². The SMILES string of the molecule is C[O-].[C-]#Cc1ccccc1.[Mg+2]. The Labute approximate surface area is 83.6 Å². The molecule has 2 heteroatoms. The van der Waals surface area contributed by atoms with Gasteiger partial charge in [0.15, 0.2) is 0 Å². The summed E-state index contributed by atoms with van der Waals surface area (Å²) >= 11 is 0. The summed E-state index contributed by atoms with van der Waals surface area (Å²) in [6.45, 7) is 0. The second-order valence-electron chi connectivity index (χ2n) is 1.49. The molecule has 11 heavy (non-hydrogen) atoms. The normalized spacial score (nSPS) is 6.27. The fraction of sp³-hybridized carbons (Fsp3) is 0.111. The van der Waals surface area contributed by atoms with E-state index in [9.17, 15) is 0 Å². The van der Waals surface area contributed by atoms with Gasteiger partial charge in [0.05, 0.1) is 0 Å². The third-order valence-electron chi connectivity index (χ3n) is 0.918. The molecule has 0 aliphatic rings. The van der Waals surface area contributed by atoms with Crippen molar-refractivity contribution in [2.45, 2.75) is 0 Å². The number of rotatable bonds is 0. The van der Waals surface area contributed by atoms with E-state index < -0.39 is 0 Å². The molecule has 0 N–H and O–H groups in total. The van der Waals surface area contributed by atoms with Crippen LogP contribution in [0.3, 0.4) is 0 Å². The van der Waals surface area contributed by atoms with Crippen LogP contribution >= 0.6 is 0 Å². The van der Waals surface area contributed by atoms with E-state index in [0.717, 1.165) is 12.7 Å². The van der Waals surface area contributed by atoms with E-state index in [0.29, 0.717) is 0 Å². The Hall–Kier alpha value is -0.494. The quantitative estimate of drug-likeness (QED) is 0.299. The fourth-order valence-electron chi connectivity index (χ4n) is 0.521. The maximum Gasteiger partial charge on any atom is 2.00 e. The van der Waals surface area contributed by atoms with Crippen LogP contribution in [-0.4, -0.2) is 30.2 Å². The molecule has 0 aliphatic heterocycles. The summed E-state index contributed by atoms with van der Waals surface area (Å²) in [5.74, 6) is 2.28. The second-order valence-corrected chi connectivity index (χ2v) is 1.49. The van der Waals surface area contributed by atoms with Crippen LogP contribution in [0.1, 0.15) is 5.56 Å². The van der Waals surface area contributed by atoms with E-state index in [4.69, 9.17) is 11.5 Å². The molecule has 0 atom stereocenters. The van der Waals surface area contributed by atoms with Crippen molar-refractivity contribution in [1.29, 1.82) is 0 Å². The van der Waals surface area contributed by atoms with E-state index in [1.54, 1.807) is 0 Å². The fourth-order valence-corrected chi connectivity index (χ4v) is 0.521. The van der Waals surface area contributed by atoms with E-state index >= 15 is 0 Å². The van der Waals surface area contributed by atoms with Crippen LogP contribution in [-0.2, 0) is 0 Å². The molecule has 1 aromatic carbocycles. The summed E-state index contributed by atoms with van der Waals surface area (Å²) in [6.07, 6.45) is 6.69. The third kappa shape index (κ3) is 5.93. The van der Waals surface area contributed by atoms with Gasteiger partial charge < -0.3 is 11.5 Å². The van der Waals surface area contributed by atoms with Gasteiger partial charge >= 0.3 is 23.1 Å². The van der Waals surface area contributed by atoms with Gasteiger partial charge in [-0.25, -0.2) is 0 Å². The number of hydrogen-bond donors (Lipinski definition) is 0. The van der Waals surface area contributed by atoms with Crippen LogP contribution in [0.25, 0.3) is 0 Å². The molecule has 52 valence electrons. The van der Waals surface area contributed by atoms with Gasteiger partial charge in [0.25, 0.3) is 0 Å². The average Bonchev–Trinajstić information content (AvgIpc) is 2.10. The zero-order valence-corrected chi connectivity index (χ0v) is 7.92. The molecule has 0 amide bonds. The molecule has 0 radical (unpaired) electrons. The van der Waals surface area contributed by atoms with Crippen molar-refractivity contribution in [1.82, 2.24) is 0 Å². The number of hydrogen-bond acceptors (Lipinski definition) is 1. The molecule has 0 heterocycles. The molecule has 0 saturated carbocycles. The maximum absolute atomic E-state index is 8.25. The standard InChI is InChI=1S/C8H5.CH3O.Mg/c1-2-8-6-4-3-5-7-8;1-2;/h3-7H;1H3;/q2*-1;+2. The molecule has 1 rings (SSSR count). The summed E-state index contributed by atoms with van der Waals surface area (Å²) in [7, 11) is 0.750. The van der Waals surface area contributed by atoms with Crippen molar-refractivity contribution >= 4 is 23.1 Å². The van der Waals surface area contributed by atoms with E-state index in [2.05, 4.69) is 5.92 Å². The molecule has 0 aromatic heterocycles. The molecule has 0 spiro atoms. The Morgan fingerprint density at radius 2 is 1.64 bits per heavy atom. The van der Waals surface area contributed by atoms with Gasteiger partial charge in [-0.3, -0.25) is 5.92 Å². The van der Waals surface area contributed by atoms with Crippen LogP contribution < -0.4 is 5.11 Å². The van der Waals surface area contributed by atoms with Crippen molar-refractivity contribution in [2.24, 2.45) is 0 Å². The van der Waals surface area contributed by atoms with E-state index in [-0.39, 0.29) is 23.1 Å². The molecule has 0 unspecified atom stereocenters.